The number of hydrogen-bond donors (Lipinski definition) is 8. The first-order chi connectivity index (χ1) is 34.2. The van der Waals surface area contributed by atoms with E-state index in [1.54, 1.807) is 12.1 Å². The van der Waals surface area contributed by atoms with Crippen molar-refractivity contribution in [2.75, 3.05) is 41.8 Å². The van der Waals surface area contributed by atoms with Gasteiger partial charge in [0.15, 0.2) is 15.6 Å². The molecule has 0 heterocycles. The SMILES string of the molecule is C=C(/C=C\C(=C)NS(=O)(=O)c1ccc(N=Nc2c(S(=O)(=O)O)cc3cc(S(=O)(=O)O)c(N=Nc4ccc(S(=O)(=O)CCOS(=O)(=O)O)cc4S(=O)(=O)O)c(N)c3c2O)cc1)N=Nc1ccc(N(CC)CC)cc1N. The predicted octanol–water partition coefficient (Wildman–Crippen LogP) is 6.37. The Morgan fingerprint density at radius 3 is 1.77 bits per heavy atom. The van der Waals surface area contributed by atoms with E-state index >= 15 is 0 Å². The van der Waals surface area contributed by atoms with Crippen molar-refractivity contribution in [3.63, 3.8) is 0 Å². The number of rotatable bonds is 22. The molecule has 0 aromatic heterocycles. The fourth-order valence-corrected chi connectivity index (χ4v) is 11.0. The largest absolute Gasteiger partial charge is 0.505 e. The van der Waals surface area contributed by atoms with E-state index in [2.05, 4.69) is 57.6 Å². The summed E-state index contributed by atoms with van der Waals surface area (Å²) in [6.45, 7) is 11.8. The normalized spacial score (nSPS) is 13.2. The number of aromatic hydroxyl groups is 1. The van der Waals surface area contributed by atoms with Crippen molar-refractivity contribution in [1.82, 2.24) is 4.72 Å². The van der Waals surface area contributed by atoms with Crippen LogP contribution >= 0.6 is 0 Å². The number of anilines is 3. The molecule has 10 N–H and O–H groups in total. The summed E-state index contributed by atoms with van der Waals surface area (Å²) in [5.41, 5.74) is 9.85. The van der Waals surface area contributed by atoms with Gasteiger partial charge in [-0.1, -0.05) is 13.2 Å². The van der Waals surface area contributed by atoms with Crippen LogP contribution in [0.1, 0.15) is 13.8 Å². The van der Waals surface area contributed by atoms with E-state index in [1.807, 2.05) is 19.9 Å². The molecule has 0 spiro atoms. The van der Waals surface area contributed by atoms with Gasteiger partial charge in [-0.25, -0.2) is 21.0 Å². The van der Waals surface area contributed by atoms with Crippen LogP contribution in [0.5, 0.6) is 5.75 Å². The molecule has 0 fully saturated rings. The second-order valence-corrected chi connectivity index (χ2v) is 23.9. The number of nitrogens with zero attached hydrogens (tertiary/aromatic N) is 7. The Morgan fingerprint density at radius 2 is 1.22 bits per heavy atom. The maximum atomic E-state index is 13.2. The third kappa shape index (κ3) is 14.3. The van der Waals surface area contributed by atoms with Gasteiger partial charge in [-0.3, -0.25) is 22.9 Å². The summed E-state index contributed by atoms with van der Waals surface area (Å²) in [5.74, 6) is -2.37. The van der Waals surface area contributed by atoms with Gasteiger partial charge in [-0.05, 0) is 104 Å². The van der Waals surface area contributed by atoms with Crippen LogP contribution in [0.4, 0.5) is 45.5 Å². The minimum absolute atomic E-state index is 0.113. The molecule has 0 unspecified atom stereocenters. The maximum Gasteiger partial charge on any atom is 0.397 e. The van der Waals surface area contributed by atoms with E-state index < -0.39 is 132 Å². The zero-order chi connectivity index (χ0) is 55.4. The molecule has 0 saturated carbocycles. The summed E-state index contributed by atoms with van der Waals surface area (Å²) >= 11 is 0. The molecule has 0 bridgehead atoms. The Balaban J connectivity index is 1.44. The van der Waals surface area contributed by atoms with Crippen LogP contribution in [0, 0.1) is 0 Å². The lowest BCUT2D eigenvalue weighted by molar-refractivity contribution is 0.284. The van der Waals surface area contributed by atoms with Crippen LogP contribution in [0.3, 0.4) is 0 Å². The van der Waals surface area contributed by atoms with Crippen LogP contribution in [0.25, 0.3) is 10.8 Å². The molecule has 0 saturated heterocycles. The zero-order valence-electron chi connectivity index (χ0n) is 38.1. The average molecular weight is 1140 g/mol. The predicted molar refractivity (Wildman–Crippen MR) is 267 cm³/mol. The number of phenols is 1. The molecule has 0 amide bonds. The van der Waals surface area contributed by atoms with Gasteiger partial charge in [0.25, 0.3) is 40.4 Å². The van der Waals surface area contributed by atoms with Crippen LogP contribution in [0.15, 0.2) is 165 Å². The first-order valence-electron chi connectivity index (χ1n) is 20.3. The van der Waals surface area contributed by atoms with Gasteiger partial charge >= 0.3 is 10.4 Å². The minimum Gasteiger partial charge on any atom is -0.505 e. The summed E-state index contributed by atoms with van der Waals surface area (Å²) in [5, 5.41) is 32.8. The number of hydrogen-bond acceptors (Lipinski definition) is 23. The number of allylic oxidation sites excluding steroid dienone is 2. The lowest BCUT2D eigenvalue weighted by Gasteiger charge is -2.21. The van der Waals surface area contributed by atoms with Crippen LogP contribution in [0.2, 0.25) is 0 Å². The lowest BCUT2D eigenvalue weighted by atomic mass is 10.1. The molecule has 0 aliphatic heterocycles. The molecule has 0 aliphatic rings. The molecule has 0 radical (unpaired) electrons. The highest BCUT2D eigenvalue weighted by Crippen LogP contribution is 2.48. The van der Waals surface area contributed by atoms with Crippen molar-refractivity contribution in [3.8, 4) is 5.75 Å². The van der Waals surface area contributed by atoms with E-state index in [9.17, 15) is 69.3 Å². The quantitative estimate of drug-likeness (QED) is 0.0161. The molecule has 396 valence electrons. The fraction of sp³-hybridized carbons (Fsp3) is 0.150. The molecule has 74 heavy (non-hydrogen) atoms. The highest BCUT2D eigenvalue weighted by Gasteiger charge is 2.29. The highest BCUT2D eigenvalue weighted by molar-refractivity contribution is 7.91. The lowest BCUT2D eigenvalue weighted by Crippen LogP contribution is -2.21. The Bertz CT molecular complexity index is 3920. The van der Waals surface area contributed by atoms with E-state index in [1.165, 1.54) is 12.2 Å². The van der Waals surface area contributed by atoms with Gasteiger partial charge in [0.05, 0.1) is 50.3 Å². The van der Waals surface area contributed by atoms with E-state index in [0.29, 0.717) is 41.7 Å². The number of sulfonamides is 1. The number of fused-ring (bicyclic) bond motifs is 1. The topological polar surface area (TPSA) is 457 Å². The first-order valence-corrected chi connectivity index (χ1v) is 29.1. The van der Waals surface area contributed by atoms with Crippen LogP contribution in [-0.2, 0) is 64.8 Å². The molecule has 28 nitrogen and oxygen atoms in total. The Labute approximate surface area is 423 Å². The zero-order valence-corrected chi connectivity index (χ0v) is 43.0. The minimum atomic E-state index is -5.46. The number of nitrogens with one attached hydrogen (secondary N) is 1. The highest BCUT2D eigenvalue weighted by atomic mass is 32.3. The number of azo groups is 3. The van der Waals surface area contributed by atoms with Crippen molar-refractivity contribution < 1.29 is 78.0 Å². The van der Waals surface area contributed by atoms with E-state index in [0.717, 1.165) is 43.0 Å². The molecule has 5 aromatic rings. The van der Waals surface area contributed by atoms with Gasteiger partial charge in [-0.2, -0.15) is 43.9 Å². The first kappa shape index (κ1) is 57.8. The molecule has 5 aromatic carbocycles. The Kier molecular flexibility index (Phi) is 17.3. The van der Waals surface area contributed by atoms with Crippen molar-refractivity contribution >= 4 is 117 Å². The average Bonchev–Trinajstić information content (AvgIpc) is 3.28. The molecular weight excluding hydrogens is 1100 g/mol. The van der Waals surface area contributed by atoms with Gasteiger partial charge in [0.1, 0.15) is 37.4 Å². The standard InChI is InChI=1S/C40H42N10O18S6/c1-5-50(6-2)27-11-15-31(30(41)21-27)45-43-23(3)7-8-24(4)49-70(54,55)28-12-9-26(10-13-28)44-48-39-35(73(62,63)64)20-25-19-34(72(59,60)61)38(37(42)36(25)40(39)51)47-46-32-16-14-29(22-33(32)71(56,57)58)69(52,53)18-17-68-74(65,66)67/h7-16,19-22,49,51H,3-6,17-18,41-42H2,1-2H3,(H,56,57,58)(H,59,60,61)(H,62,63,64)(H,65,66,67)/b8-7-,45-43?,47-46?,48-44?. The number of nitrogen functional groups attached to an aromatic ring is 2. The Morgan fingerprint density at radius 1 is 0.662 bits per heavy atom. The second-order valence-electron chi connectivity index (χ2n) is 14.9. The molecule has 34 heteroatoms. The number of sulfone groups is 1. The summed E-state index contributed by atoms with van der Waals surface area (Å²) in [6, 6.07) is 12.3. The van der Waals surface area contributed by atoms with Crippen molar-refractivity contribution in [3.05, 3.63) is 110 Å². The van der Waals surface area contributed by atoms with Crippen LogP contribution in [-0.4, -0.2) is 99.3 Å². The number of benzene rings is 5. The van der Waals surface area contributed by atoms with Crippen molar-refractivity contribution in [2.45, 2.75) is 38.3 Å². The number of phenolic OH excluding ortho intramolecular Hbond substituents is 1. The summed E-state index contributed by atoms with van der Waals surface area (Å²) in [6.07, 6.45) is 2.59. The van der Waals surface area contributed by atoms with Crippen molar-refractivity contribution in [2.24, 2.45) is 30.7 Å². The van der Waals surface area contributed by atoms with Gasteiger partial charge < -0.3 is 21.5 Å². The maximum absolute atomic E-state index is 13.2. The third-order valence-electron chi connectivity index (χ3n) is 9.86. The Hall–Kier alpha value is -7.12. The summed E-state index contributed by atoms with van der Waals surface area (Å²) in [7, 11) is -30.3. The van der Waals surface area contributed by atoms with Gasteiger partial charge in [-0.15, -0.1) is 20.5 Å². The van der Waals surface area contributed by atoms with Gasteiger partial charge in [0, 0.05) is 24.5 Å². The molecular formula is C40H42N10O18S6. The monoisotopic (exact) mass is 1140 g/mol. The van der Waals surface area contributed by atoms with E-state index in [4.69, 9.17) is 16.0 Å². The van der Waals surface area contributed by atoms with Gasteiger partial charge in [0.2, 0.25) is 0 Å². The summed E-state index contributed by atoms with van der Waals surface area (Å²) < 4.78 is 194. The number of nitrogens with two attached hydrogens (primary N) is 2. The molecule has 0 aliphatic carbocycles. The molecule has 0 atom stereocenters. The summed E-state index contributed by atoms with van der Waals surface area (Å²) in [4.78, 5) is -2.85. The second kappa shape index (κ2) is 22.2. The van der Waals surface area contributed by atoms with E-state index in [-0.39, 0.29) is 22.0 Å². The third-order valence-corrected chi connectivity index (χ3v) is 16.0. The van der Waals surface area contributed by atoms with Crippen LogP contribution < -0.4 is 21.1 Å². The van der Waals surface area contributed by atoms with Crippen molar-refractivity contribution in [1.29, 1.82) is 0 Å². The molecule has 5 rings (SSSR count). The fourth-order valence-electron chi connectivity index (χ4n) is 6.38. The smallest absolute Gasteiger partial charge is 0.397 e.